The van der Waals surface area contributed by atoms with E-state index in [9.17, 15) is 39.6 Å². The van der Waals surface area contributed by atoms with Gasteiger partial charge in [-0.15, -0.1) is 0 Å². The number of hydrogen-bond acceptors (Lipinski definition) is 10. The molecule has 0 spiro atoms. The molecular weight excluding hydrogens is 527 g/mol. The molecule has 4 aliphatic rings. The largest absolute Gasteiger partial charge is 0.508 e. The van der Waals surface area contributed by atoms with Gasteiger partial charge in [0.2, 0.25) is 11.7 Å². The number of carbonyl (C=O) groups excluding carboxylic acids is 4. The molecule has 1 aromatic rings. The molecule has 0 unspecified atom stereocenters. The van der Waals surface area contributed by atoms with Gasteiger partial charge in [0.15, 0.2) is 17.1 Å². The lowest BCUT2D eigenvalue weighted by Gasteiger charge is -2.48. The number of nitrogens with one attached hydrogen (secondary N) is 1. The molecule has 1 saturated carbocycles. The zero-order chi connectivity index (χ0) is 29.1. The van der Waals surface area contributed by atoms with Crippen LogP contribution in [-0.2, 0) is 25.6 Å². The van der Waals surface area contributed by atoms with Crippen molar-refractivity contribution in [2.45, 2.75) is 50.2 Å². The van der Waals surface area contributed by atoms with Crippen molar-refractivity contribution in [2.24, 2.45) is 23.3 Å². The van der Waals surface area contributed by atoms with Gasteiger partial charge in [-0.1, -0.05) is 12.8 Å². The van der Waals surface area contributed by atoms with Gasteiger partial charge in [0.05, 0.1) is 23.8 Å². The van der Waals surface area contributed by atoms with Crippen molar-refractivity contribution >= 4 is 34.8 Å². The van der Waals surface area contributed by atoms with Gasteiger partial charge in [0, 0.05) is 23.1 Å². The molecule has 1 aliphatic heterocycles. The van der Waals surface area contributed by atoms with Crippen LogP contribution in [0.2, 0.25) is 0 Å². The molecule has 214 valence electrons. The van der Waals surface area contributed by atoms with Crippen LogP contribution in [0.1, 0.15) is 43.2 Å². The van der Waals surface area contributed by atoms with E-state index in [0.29, 0.717) is 0 Å². The first kappa shape index (κ1) is 27.7. The lowest BCUT2D eigenvalue weighted by Crippen LogP contribution is -2.65. The fourth-order valence-electron chi connectivity index (χ4n) is 6.52. The number of phenols is 1. The number of primary amides is 1. The highest BCUT2D eigenvalue weighted by atomic mass is 19.1. The summed E-state index contributed by atoms with van der Waals surface area (Å²) < 4.78 is 15.3. The molecule has 5 rings (SSSR count). The van der Waals surface area contributed by atoms with Crippen molar-refractivity contribution in [2.75, 3.05) is 25.0 Å². The Morgan fingerprint density at radius 2 is 1.77 bits per heavy atom. The molecule has 12 nitrogen and oxygen atoms in total. The Labute approximate surface area is 228 Å². The number of nitrogens with zero attached hydrogens (tertiary/aromatic N) is 1. The molecule has 9 N–H and O–H groups in total. The number of likely N-dealkylation sites (tertiary alicyclic amines) is 1. The van der Waals surface area contributed by atoms with Crippen LogP contribution in [0.3, 0.4) is 0 Å². The van der Waals surface area contributed by atoms with E-state index in [4.69, 9.17) is 11.5 Å². The molecule has 0 radical (unpaired) electrons. The Kier molecular flexibility index (Phi) is 6.92. The lowest BCUT2D eigenvalue weighted by atomic mass is 9.58. The van der Waals surface area contributed by atoms with Gasteiger partial charge in [-0.25, -0.2) is 4.39 Å². The number of Topliss-reactive ketones (excluding diaryl/α,β-unsaturated/α-hetero) is 2. The van der Waals surface area contributed by atoms with E-state index in [0.717, 1.165) is 44.8 Å². The predicted octanol–water partition coefficient (Wildman–Crippen LogP) is 0.315. The smallest absolute Gasteiger partial charge is 0.255 e. The Morgan fingerprint density at radius 1 is 1.12 bits per heavy atom. The van der Waals surface area contributed by atoms with Gasteiger partial charge in [0.1, 0.15) is 22.9 Å². The SMILES string of the molecule is NC(=O)C1=C(O)[C@@]2(O)C(=O)C3=C(O)c4c(O)c(NC(=O)CN5CCCCCC5)cc(F)c4C[C@H]3C[C@H]2[C@H](N)C1=O. The maximum atomic E-state index is 15.3. The minimum absolute atomic E-state index is 0.0208. The summed E-state index contributed by atoms with van der Waals surface area (Å²) in [6, 6.07) is -0.658. The monoisotopic (exact) mass is 558 g/mol. The molecule has 3 aliphatic carbocycles. The minimum atomic E-state index is -2.86. The number of aliphatic hydroxyl groups is 3. The number of halogens is 1. The van der Waals surface area contributed by atoms with Gasteiger partial charge in [-0.3, -0.25) is 24.1 Å². The fourth-order valence-corrected chi connectivity index (χ4v) is 6.52. The molecule has 1 aromatic carbocycles. The van der Waals surface area contributed by atoms with E-state index >= 15 is 4.39 Å². The quantitative estimate of drug-likeness (QED) is 0.198. The first-order valence-corrected chi connectivity index (χ1v) is 13.2. The van der Waals surface area contributed by atoms with E-state index in [1.54, 1.807) is 0 Å². The third-order valence-corrected chi connectivity index (χ3v) is 8.54. The minimum Gasteiger partial charge on any atom is -0.508 e. The molecule has 0 aromatic heterocycles. The number of hydrogen-bond donors (Lipinski definition) is 7. The van der Waals surface area contributed by atoms with Crippen molar-refractivity contribution in [3.05, 3.63) is 39.9 Å². The summed E-state index contributed by atoms with van der Waals surface area (Å²) in [5.41, 5.74) is 5.95. The van der Waals surface area contributed by atoms with Gasteiger partial charge in [-0.05, 0) is 44.7 Å². The number of anilines is 1. The van der Waals surface area contributed by atoms with Crippen molar-refractivity contribution < 1.29 is 44.0 Å². The molecule has 1 saturated heterocycles. The summed E-state index contributed by atoms with van der Waals surface area (Å²) in [5, 5.41) is 46.7. The molecule has 40 heavy (non-hydrogen) atoms. The number of carbonyl (C=O) groups is 4. The molecule has 2 fully saturated rings. The number of phenolic OH excluding ortho intramolecular Hbond substituents is 1. The van der Waals surface area contributed by atoms with E-state index < -0.39 is 86.7 Å². The number of fused-ring (bicyclic) bond motifs is 3. The van der Waals surface area contributed by atoms with Crippen LogP contribution >= 0.6 is 0 Å². The highest BCUT2D eigenvalue weighted by molar-refractivity contribution is 6.24. The van der Waals surface area contributed by atoms with Crippen molar-refractivity contribution in [3.8, 4) is 5.75 Å². The number of rotatable bonds is 4. The Morgan fingerprint density at radius 3 is 2.40 bits per heavy atom. The van der Waals surface area contributed by atoms with Crippen LogP contribution in [0, 0.1) is 17.7 Å². The Bertz CT molecular complexity index is 1400. The summed E-state index contributed by atoms with van der Waals surface area (Å²) in [6.07, 6.45) is 3.57. The van der Waals surface area contributed by atoms with Crippen molar-refractivity contribution in [3.63, 3.8) is 0 Å². The summed E-state index contributed by atoms with van der Waals surface area (Å²) >= 11 is 0. The maximum absolute atomic E-state index is 15.3. The summed E-state index contributed by atoms with van der Waals surface area (Å²) in [7, 11) is 0. The van der Waals surface area contributed by atoms with Gasteiger partial charge in [0.25, 0.3) is 5.91 Å². The van der Waals surface area contributed by atoms with Gasteiger partial charge in [-0.2, -0.15) is 0 Å². The molecule has 4 atom stereocenters. The first-order valence-electron chi connectivity index (χ1n) is 13.2. The standard InChI is InChI=1S/C27H31FN4O8/c28-14-9-15(31-16(33)10-32-5-3-1-2-4-6-32)21(34)18-12(14)7-11-8-13-20(29)23(36)19(26(30)39)25(38)27(13,40)24(37)17(11)22(18)35/h9,11,13,20,34-35,38,40H,1-8,10,29H2,(H2,30,39)(H,31,33)/t11-,13-,20-,27-/m0/s1. The zero-order valence-electron chi connectivity index (χ0n) is 21.6. The van der Waals surface area contributed by atoms with Crippen molar-refractivity contribution in [1.82, 2.24) is 4.90 Å². The van der Waals surface area contributed by atoms with E-state index in [-0.39, 0.29) is 30.6 Å². The van der Waals surface area contributed by atoms with Gasteiger partial charge < -0.3 is 37.2 Å². The van der Waals surface area contributed by atoms with E-state index in [1.165, 1.54) is 0 Å². The molecule has 1 heterocycles. The Hall–Kier alpha value is -3.81. The maximum Gasteiger partial charge on any atom is 0.255 e. The van der Waals surface area contributed by atoms with Crippen LogP contribution in [-0.4, -0.2) is 80.0 Å². The number of ketones is 2. The number of benzene rings is 1. The van der Waals surface area contributed by atoms with Gasteiger partial charge >= 0.3 is 0 Å². The fraction of sp³-hybridized carbons (Fsp3) is 0.481. The average molecular weight is 559 g/mol. The van der Waals surface area contributed by atoms with Crippen LogP contribution in [0.4, 0.5) is 10.1 Å². The number of aliphatic hydroxyl groups excluding tert-OH is 2. The van der Waals surface area contributed by atoms with E-state index in [1.807, 2.05) is 4.90 Å². The van der Waals surface area contributed by atoms with E-state index in [2.05, 4.69) is 5.32 Å². The third kappa shape index (κ3) is 4.16. The molecule has 13 heteroatoms. The van der Waals surface area contributed by atoms with Crippen LogP contribution < -0.4 is 16.8 Å². The van der Waals surface area contributed by atoms with Crippen molar-refractivity contribution in [1.29, 1.82) is 0 Å². The number of amides is 2. The normalized spacial score (nSPS) is 28.9. The zero-order valence-corrected chi connectivity index (χ0v) is 21.6. The number of nitrogens with two attached hydrogens (primary N) is 2. The second-order valence-corrected chi connectivity index (χ2v) is 10.9. The Balaban J connectivity index is 1.53. The average Bonchev–Trinajstić information content (AvgIpc) is 3.16. The topological polar surface area (TPSA) is 217 Å². The third-order valence-electron chi connectivity index (χ3n) is 8.54. The molecule has 0 bridgehead atoms. The number of aromatic hydroxyl groups is 1. The second-order valence-electron chi connectivity index (χ2n) is 10.9. The lowest BCUT2D eigenvalue weighted by molar-refractivity contribution is -0.149. The summed E-state index contributed by atoms with van der Waals surface area (Å²) in [4.78, 5) is 52.8. The molecular formula is C27H31FN4O8. The predicted molar refractivity (Wildman–Crippen MR) is 138 cm³/mol. The first-order chi connectivity index (χ1) is 18.9. The summed E-state index contributed by atoms with van der Waals surface area (Å²) in [6.45, 7) is 1.48. The van der Waals surface area contributed by atoms with Crippen LogP contribution in [0.15, 0.2) is 23.0 Å². The highest BCUT2D eigenvalue weighted by Gasteiger charge is 2.63. The summed E-state index contributed by atoms with van der Waals surface area (Å²) in [5.74, 6) is -10.2. The molecule has 2 amide bonds. The van der Waals surface area contributed by atoms with Crippen LogP contribution in [0.25, 0.3) is 5.76 Å². The second kappa shape index (κ2) is 9.98. The van der Waals surface area contributed by atoms with Crippen LogP contribution in [0.5, 0.6) is 5.75 Å². The highest BCUT2D eigenvalue weighted by Crippen LogP contribution is 2.52.